The van der Waals surface area contributed by atoms with Gasteiger partial charge in [0.05, 0.1) is 19.1 Å². The molecule has 0 aliphatic rings. The molecule has 0 spiro atoms. The van der Waals surface area contributed by atoms with Crippen molar-refractivity contribution in [3.8, 4) is 11.5 Å². The van der Waals surface area contributed by atoms with E-state index >= 15 is 0 Å². The molecule has 3 aromatic carbocycles. The number of methoxy groups -OCH3 is 2. The van der Waals surface area contributed by atoms with E-state index < -0.39 is 15.9 Å². The molecule has 0 aliphatic heterocycles. The third-order valence-electron chi connectivity index (χ3n) is 4.95. The number of amides is 1. The van der Waals surface area contributed by atoms with Crippen LogP contribution in [0.1, 0.15) is 21.7 Å². The lowest BCUT2D eigenvalue weighted by Crippen LogP contribution is -2.30. The van der Waals surface area contributed by atoms with Crippen molar-refractivity contribution in [1.82, 2.24) is 4.72 Å². The zero-order valence-electron chi connectivity index (χ0n) is 17.9. The van der Waals surface area contributed by atoms with Crippen molar-refractivity contribution in [2.24, 2.45) is 0 Å². The highest BCUT2D eigenvalue weighted by Gasteiger charge is 2.22. The first-order chi connectivity index (χ1) is 15.9. The molecule has 1 heterocycles. The van der Waals surface area contributed by atoms with Crippen LogP contribution in [0.4, 0.5) is 0 Å². The van der Waals surface area contributed by atoms with E-state index in [9.17, 15) is 13.2 Å². The van der Waals surface area contributed by atoms with E-state index in [1.807, 2.05) is 41.1 Å². The molecule has 0 bridgehead atoms. The molecule has 0 fully saturated rings. The smallest absolute Gasteiger partial charge is 0.300 e. The molecule has 33 heavy (non-hydrogen) atoms. The molecule has 4 rings (SSSR count). The third-order valence-corrected chi connectivity index (χ3v) is 6.30. The van der Waals surface area contributed by atoms with Crippen molar-refractivity contribution in [2.75, 3.05) is 14.2 Å². The maximum atomic E-state index is 12.7. The second-order valence-corrected chi connectivity index (χ2v) is 8.78. The van der Waals surface area contributed by atoms with Crippen LogP contribution in [-0.2, 0) is 10.0 Å². The van der Waals surface area contributed by atoms with Gasteiger partial charge in [0.15, 0.2) is 5.76 Å². The van der Waals surface area contributed by atoms with Gasteiger partial charge in [0.25, 0.3) is 10.0 Å². The van der Waals surface area contributed by atoms with Crippen molar-refractivity contribution in [2.45, 2.75) is 4.90 Å². The molecule has 1 aromatic heterocycles. The number of carbonyl (C=O) groups is 1. The molecule has 0 radical (unpaired) electrons. The summed E-state index contributed by atoms with van der Waals surface area (Å²) in [6.07, 6.45) is 3.77. The van der Waals surface area contributed by atoms with Crippen LogP contribution in [-0.4, -0.2) is 28.5 Å². The fourth-order valence-corrected chi connectivity index (χ4v) is 4.22. The number of carbonyl (C=O) groups excluding carboxylic acids is 1. The molecule has 4 aromatic rings. The molecule has 1 amide bonds. The van der Waals surface area contributed by atoms with Gasteiger partial charge < -0.3 is 13.9 Å². The second-order valence-electron chi connectivity index (χ2n) is 7.09. The zero-order valence-corrected chi connectivity index (χ0v) is 18.8. The number of rotatable bonds is 7. The van der Waals surface area contributed by atoms with Crippen molar-refractivity contribution in [3.63, 3.8) is 0 Å². The number of sulfonamides is 1. The molecule has 1 N–H and O–H groups in total. The molecule has 0 unspecified atom stereocenters. The number of fused-ring (bicyclic) bond motifs is 1. The molecule has 0 saturated heterocycles. The number of hydrogen-bond acceptors (Lipinski definition) is 6. The highest BCUT2D eigenvalue weighted by molar-refractivity contribution is 7.90. The SMILES string of the molecule is COc1ccc(/C=C/c2cc(OC)cc3oc(C(=O)NS(=O)(=O)c4ccccc4)cc23)cc1. The van der Waals surface area contributed by atoms with E-state index in [1.165, 1.54) is 25.3 Å². The number of benzene rings is 3. The number of ether oxygens (including phenoxy) is 2. The Morgan fingerprint density at radius 3 is 2.24 bits per heavy atom. The van der Waals surface area contributed by atoms with E-state index in [4.69, 9.17) is 13.9 Å². The van der Waals surface area contributed by atoms with Crippen LogP contribution in [0.3, 0.4) is 0 Å². The quantitative estimate of drug-likeness (QED) is 0.398. The van der Waals surface area contributed by atoms with Gasteiger partial charge >= 0.3 is 5.91 Å². The van der Waals surface area contributed by atoms with Crippen molar-refractivity contribution in [1.29, 1.82) is 0 Å². The molecule has 0 aliphatic carbocycles. The minimum absolute atomic E-state index is 0.0146. The lowest BCUT2D eigenvalue weighted by atomic mass is 10.1. The number of nitrogens with one attached hydrogen (secondary N) is 1. The molecular formula is C25H21NO6S. The van der Waals surface area contributed by atoms with Gasteiger partial charge in [-0.2, -0.15) is 0 Å². The Balaban J connectivity index is 1.66. The molecule has 0 saturated carbocycles. The van der Waals surface area contributed by atoms with Gasteiger partial charge in [0.1, 0.15) is 17.1 Å². The monoisotopic (exact) mass is 463 g/mol. The first kappa shape index (κ1) is 22.2. The zero-order chi connectivity index (χ0) is 23.4. The topological polar surface area (TPSA) is 94.8 Å². The van der Waals surface area contributed by atoms with Crippen LogP contribution in [0.2, 0.25) is 0 Å². The summed E-state index contributed by atoms with van der Waals surface area (Å²) < 4.78 is 43.2. The van der Waals surface area contributed by atoms with Crippen LogP contribution >= 0.6 is 0 Å². The summed E-state index contributed by atoms with van der Waals surface area (Å²) in [4.78, 5) is 12.6. The van der Waals surface area contributed by atoms with Gasteiger partial charge in [-0.1, -0.05) is 42.5 Å². The summed E-state index contributed by atoms with van der Waals surface area (Å²) >= 11 is 0. The summed E-state index contributed by atoms with van der Waals surface area (Å²) in [5.74, 6) is 0.304. The van der Waals surface area contributed by atoms with Gasteiger partial charge in [0.2, 0.25) is 0 Å². The van der Waals surface area contributed by atoms with E-state index in [0.717, 1.165) is 16.9 Å². The van der Waals surface area contributed by atoms with Gasteiger partial charge in [-0.25, -0.2) is 13.1 Å². The predicted octanol–water partition coefficient (Wildman–Crippen LogP) is 4.74. The summed E-state index contributed by atoms with van der Waals surface area (Å²) in [6, 6.07) is 20.1. The molecule has 8 heteroatoms. The number of hydrogen-bond donors (Lipinski definition) is 1. The van der Waals surface area contributed by atoms with Gasteiger partial charge in [-0.05, 0) is 47.5 Å². The summed E-state index contributed by atoms with van der Waals surface area (Å²) in [6.45, 7) is 0. The van der Waals surface area contributed by atoms with Crippen LogP contribution in [0, 0.1) is 0 Å². The molecule has 168 valence electrons. The maximum absolute atomic E-state index is 12.7. The van der Waals surface area contributed by atoms with Crippen molar-refractivity contribution in [3.05, 3.63) is 89.7 Å². The average Bonchev–Trinajstić information content (AvgIpc) is 3.28. The lowest BCUT2D eigenvalue weighted by molar-refractivity contribution is 0.0956. The summed E-state index contributed by atoms with van der Waals surface area (Å²) in [5.41, 5.74) is 2.09. The summed E-state index contributed by atoms with van der Waals surface area (Å²) in [7, 11) is -0.893. The van der Waals surface area contributed by atoms with Crippen LogP contribution in [0.5, 0.6) is 11.5 Å². The minimum atomic E-state index is -4.03. The summed E-state index contributed by atoms with van der Waals surface area (Å²) in [5, 5.41) is 0.642. The Morgan fingerprint density at radius 1 is 0.879 bits per heavy atom. The van der Waals surface area contributed by atoms with Gasteiger partial charge in [0, 0.05) is 11.5 Å². The maximum Gasteiger partial charge on any atom is 0.300 e. The van der Waals surface area contributed by atoms with E-state index in [-0.39, 0.29) is 10.7 Å². The molecule has 0 atom stereocenters. The van der Waals surface area contributed by atoms with Gasteiger partial charge in [-0.15, -0.1) is 0 Å². The molecule has 7 nitrogen and oxygen atoms in total. The van der Waals surface area contributed by atoms with Crippen molar-refractivity contribution < 1.29 is 27.1 Å². The molecular weight excluding hydrogens is 442 g/mol. The highest BCUT2D eigenvalue weighted by Crippen LogP contribution is 2.30. The Kier molecular flexibility index (Phi) is 6.19. The van der Waals surface area contributed by atoms with Crippen LogP contribution < -0.4 is 14.2 Å². The highest BCUT2D eigenvalue weighted by atomic mass is 32.2. The first-order valence-corrected chi connectivity index (χ1v) is 11.4. The first-order valence-electron chi connectivity index (χ1n) is 9.95. The van der Waals surface area contributed by atoms with Crippen molar-refractivity contribution >= 4 is 39.1 Å². The standard InChI is InChI=1S/C25H21NO6S/c1-30-19-12-9-17(10-13-19)8-11-18-14-20(31-2)15-23-22(18)16-24(32-23)25(27)26-33(28,29)21-6-4-3-5-7-21/h3-16H,1-2H3,(H,26,27)/b11-8+. The predicted molar refractivity (Wildman–Crippen MR) is 126 cm³/mol. The van der Waals surface area contributed by atoms with Crippen LogP contribution in [0.25, 0.3) is 23.1 Å². The fourth-order valence-electron chi connectivity index (χ4n) is 3.24. The van der Waals surface area contributed by atoms with Crippen LogP contribution in [0.15, 0.2) is 82.1 Å². The number of furan rings is 1. The minimum Gasteiger partial charge on any atom is -0.497 e. The Hall–Kier alpha value is -4.04. The third kappa shape index (κ3) is 4.91. The van der Waals surface area contributed by atoms with E-state index in [2.05, 4.69) is 0 Å². The Bertz CT molecular complexity index is 1420. The Labute approximate surface area is 191 Å². The second kappa shape index (κ2) is 9.22. The van der Waals surface area contributed by atoms with E-state index in [1.54, 1.807) is 37.4 Å². The van der Waals surface area contributed by atoms with Gasteiger partial charge in [-0.3, -0.25) is 4.79 Å². The Morgan fingerprint density at radius 2 is 1.58 bits per heavy atom. The average molecular weight is 464 g/mol. The normalized spacial score (nSPS) is 11.6. The fraction of sp³-hybridized carbons (Fsp3) is 0.0800. The lowest BCUT2D eigenvalue weighted by Gasteiger charge is -2.04. The largest absolute Gasteiger partial charge is 0.497 e. The van der Waals surface area contributed by atoms with E-state index in [0.29, 0.717) is 16.7 Å².